The number of alkyl halides is 6. The zero-order valence-electron chi connectivity index (χ0n) is 15.7. The van der Waals surface area contributed by atoms with E-state index in [0.717, 1.165) is 23.5 Å². The lowest BCUT2D eigenvalue weighted by molar-refractivity contribution is -0.137. The van der Waals surface area contributed by atoms with Crippen LogP contribution < -0.4 is 27.2 Å². The Morgan fingerprint density at radius 1 is 0.897 bits per heavy atom. The highest BCUT2D eigenvalue weighted by molar-refractivity contribution is 7.21. The van der Waals surface area contributed by atoms with Gasteiger partial charge in [0, 0.05) is 31.9 Å². The molecule has 3 rings (SSSR count). The number of anilines is 1. The molecule has 0 spiro atoms. The number of hydrogen-bond acceptors (Lipinski definition) is 3. The molecule has 0 unspecified atom stereocenters. The molecule has 1 aromatic carbocycles. The summed E-state index contributed by atoms with van der Waals surface area (Å²) in [5.41, 5.74) is -2.80. The number of benzene rings is 2. The fraction of sp³-hybridized carbons (Fsp3) is 0.333. The molecule has 0 N–H and O–H groups in total. The summed E-state index contributed by atoms with van der Waals surface area (Å²) in [6.45, 7) is 0. The summed E-state index contributed by atoms with van der Waals surface area (Å²) in [6.07, 6.45) is -9.50. The molecule has 3 nitrogen and oxygen atoms in total. The van der Waals surface area contributed by atoms with Crippen molar-refractivity contribution in [1.82, 2.24) is 9.56 Å². The molecule has 158 valence electrons. The monoisotopic (exact) mass is 455 g/mol. The summed E-state index contributed by atoms with van der Waals surface area (Å²) < 4.78 is 83.2. The lowest BCUT2D eigenvalue weighted by atomic mass is 10.1. The zero-order valence-corrected chi connectivity index (χ0v) is 17.3. The van der Waals surface area contributed by atoms with E-state index < -0.39 is 34.7 Å². The Balaban J connectivity index is 0.00000300. The van der Waals surface area contributed by atoms with Gasteiger partial charge in [-0.05, 0) is 12.1 Å². The van der Waals surface area contributed by atoms with Gasteiger partial charge in [-0.1, -0.05) is 0 Å². The number of nitrogens with zero attached hydrogens (tertiary/aromatic N) is 3. The Hall–Kier alpha value is -2.07. The molecular weight excluding hydrogens is 440 g/mol. The third-order valence-electron chi connectivity index (χ3n) is 4.21. The summed E-state index contributed by atoms with van der Waals surface area (Å²) in [5, 5.41) is 0.289. The van der Waals surface area contributed by atoms with Crippen LogP contribution >= 0.6 is 11.3 Å². The van der Waals surface area contributed by atoms with Crippen molar-refractivity contribution < 1.29 is 38.7 Å². The predicted molar refractivity (Wildman–Crippen MR) is 97.7 cm³/mol. The normalized spacial score (nSPS) is 12.2. The molecule has 11 heteroatoms. The van der Waals surface area contributed by atoms with E-state index in [1.165, 1.54) is 21.6 Å². The van der Waals surface area contributed by atoms with Crippen LogP contribution in [0.15, 0.2) is 24.3 Å². The quantitative estimate of drug-likeness (QED) is 0.315. The van der Waals surface area contributed by atoms with Crippen molar-refractivity contribution in [2.75, 3.05) is 33.1 Å². The molecule has 0 atom stereocenters. The molecular formula is C18H16ClF6N3S. The van der Waals surface area contributed by atoms with E-state index in [0.29, 0.717) is 0 Å². The van der Waals surface area contributed by atoms with E-state index in [1.54, 1.807) is 28.2 Å². The number of aromatic nitrogens is 1. The molecule has 0 fully saturated rings. The standard InChI is InChI=1S/C18H16F6N3S.ClH/c1-26(2)9-5-11(17(19,20)21)15-13(7-9)28-14-8-10(27(3)4)6-12(16(14)25-15)18(22,23)24;/h5-8H,1-4H3;1H/q+1;/p-1. The van der Waals surface area contributed by atoms with Gasteiger partial charge >= 0.3 is 12.4 Å². The van der Waals surface area contributed by atoms with Gasteiger partial charge in [-0.25, -0.2) is 9.56 Å². The molecule has 1 aromatic rings. The Labute approximate surface area is 172 Å². The van der Waals surface area contributed by atoms with Gasteiger partial charge in [0.15, 0.2) is 0 Å². The first-order valence-corrected chi connectivity index (χ1v) is 8.85. The smallest absolute Gasteiger partial charge is 0.418 e. The highest BCUT2D eigenvalue weighted by atomic mass is 35.5. The van der Waals surface area contributed by atoms with Crippen LogP contribution in [0.1, 0.15) is 11.1 Å². The third-order valence-corrected chi connectivity index (χ3v) is 5.27. The van der Waals surface area contributed by atoms with Crippen molar-refractivity contribution in [3.8, 4) is 10.6 Å². The lowest BCUT2D eigenvalue weighted by Crippen LogP contribution is -3.00. The first-order chi connectivity index (χ1) is 12.8. The van der Waals surface area contributed by atoms with Gasteiger partial charge in [-0.15, -0.1) is 11.3 Å². The Bertz CT molecular complexity index is 1100. The van der Waals surface area contributed by atoms with Gasteiger partial charge in [0.2, 0.25) is 5.36 Å². The minimum Gasteiger partial charge on any atom is -1.00 e. The average Bonchev–Trinajstić information content (AvgIpc) is 2.55. The van der Waals surface area contributed by atoms with Gasteiger partial charge in [0.25, 0.3) is 0 Å². The van der Waals surface area contributed by atoms with Crippen molar-refractivity contribution in [3.05, 3.63) is 40.7 Å². The van der Waals surface area contributed by atoms with Gasteiger partial charge in [0.1, 0.15) is 14.1 Å². The van der Waals surface area contributed by atoms with Crippen molar-refractivity contribution in [1.29, 1.82) is 0 Å². The van der Waals surface area contributed by atoms with Crippen molar-refractivity contribution in [3.63, 3.8) is 0 Å². The second-order valence-electron chi connectivity index (χ2n) is 6.68. The number of fused-ring (bicyclic) bond motifs is 2. The van der Waals surface area contributed by atoms with Crippen LogP contribution in [0.2, 0.25) is 0 Å². The highest BCUT2D eigenvalue weighted by Crippen LogP contribution is 2.43. The van der Waals surface area contributed by atoms with Crippen LogP contribution in [-0.2, 0) is 12.4 Å². The first-order valence-electron chi connectivity index (χ1n) is 8.03. The topological polar surface area (TPSA) is 19.1 Å². The summed E-state index contributed by atoms with van der Waals surface area (Å²) in [6, 6.07) is 4.79. The largest absolute Gasteiger partial charge is 1.00 e. The molecule has 1 aliphatic carbocycles. The fourth-order valence-corrected chi connectivity index (χ4v) is 3.85. The van der Waals surface area contributed by atoms with E-state index in [2.05, 4.69) is 4.98 Å². The minimum absolute atomic E-state index is 0. The van der Waals surface area contributed by atoms with Crippen molar-refractivity contribution >= 4 is 27.2 Å². The maximum absolute atomic E-state index is 13.6. The molecule has 0 bridgehead atoms. The molecule has 29 heavy (non-hydrogen) atoms. The van der Waals surface area contributed by atoms with E-state index >= 15 is 0 Å². The first kappa shape index (κ1) is 23.2. The van der Waals surface area contributed by atoms with Crippen LogP contribution in [-0.4, -0.2) is 33.2 Å². The predicted octanol–water partition coefficient (Wildman–Crippen LogP) is 1.54. The number of hydrogen-bond donors (Lipinski definition) is 0. The number of rotatable bonds is 1. The summed E-state index contributed by atoms with van der Waals surface area (Å²) in [4.78, 5) is 5.51. The summed E-state index contributed by atoms with van der Waals surface area (Å²) in [5.74, 6) is 0. The highest BCUT2D eigenvalue weighted by Gasteiger charge is 2.38. The van der Waals surface area contributed by atoms with Gasteiger partial charge in [-0.3, -0.25) is 0 Å². The molecule has 1 aliphatic heterocycles. The molecule has 2 aliphatic rings. The van der Waals surface area contributed by atoms with Crippen LogP contribution in [0.25, 0.3) is 20.8 Å². The molecule has 0 aromatic heterocycles. The Morgan fingerprint density at radius 3 is 1.97 bits per heavy atom. The Kier molecular flexibility index (Phi) is 6.11. The summed E-state index contributed by atoms with van der Waals surface area (Å²) in [7, 11) is 6.36. The van der Waals surface area contributed by atoms with Gasteiger partial charge < -0.3 is 17.3 Å². The van der Waals surface area contributed by atoms with E-state index in [-0.39, 0.29) is 33.0 Å². The van der Waals surface area contributed by atoms with Crippen molar-refractivity contribution in [2.24, 2.45) is 0 Å². The molecule has 1 heterocycles. The molecule has 0 saturated carbocycles. The average molecular weight is 456 g/mol. The zero-order chi connectivity index (χ0) is 21.0. The van der Waals surface area contributed by atoms with Gasteiger partial charge in [-0.2, -0.15) is 26.3 Å². The van der Waals surface area contributed by atoms with Crippen LogP contribution in [0.4, 0.5) is 32.0 Å². The maximum Gasteiger partial charge on any atom is 0.418 e. The number of halogens is 7. The van der Waals surface area contributed by atoms with Crippen LogP contribution in [0.5, 0.6) is 0 Å². The molecule has 0 amide bonds. The van der Waals surface area contributed by atoms with E-state index in [9.17, 15) is 26.3 Å². The van der Waals surface area contributed by atoms with Crippen LogP contribution in [0.3, 0.4) is 0 Å². The second-order valence-corrected chi connectivity index (χ2v) is 7.76. The third kappa shape index (κ3) is 4.42. The Morgan fingerprint density at radius 2 is 1.48 bits per heavy atom. The summed E-state index contributed by atoms with van der Waals surface area (Å²) >= 11 is 0.859. The second kappa shape index (κ2) is 7.64. The molecule has 0 saturated heterocycles. The maximum atomic E-state index is 13.6. The van der Waals surface area contributed by atoms with E-state index in [1.807, 2.05) is 0 Å². The van der Waals surface area contributed by atoms with E-state index in [4.69, 9.17) is 0 Å². The SMILES string of the molecule is CN(C)c1cc(C(F)(F)F)c2nc3c(C(F)(F)F)cc(=[N+](C)C)cc-3sc2c1.[Cl-]. The fourth-order valence-electron chi connectivity index (χ4n) is 2.75. The lowest BCUT2D eigenvalue weighted by Gasteiger charge is -2.19. The minimum atomic E-state index is -4.75. The molecule has 0 radical (unpaired) electrons. The van der Waals surface area contributed by atoms with Crippen molar-refractivity contribution in [2.45, 2.75) is 12.4 Å². The van der Waals surface area contributed by atoms with Gasteiger partial charge in [0.05, 0.1) is 31.9 Å². The van der Waals surface area contributed by atoms with Crippen LogP contribution in [0, 0.1) is 0 Å².